The number of allylic oxidation sites excluding steroid dienone is 4. The number of nitrogens with zero attached hydrogens (tertiary/aromatic N) is 1. The van der Waals surface area contributed by atoms with Crippen LogP contribution in [0.5, 0.6) is 0 Å². The highest BCUT2D eigenvalue weighted by Crippen LogP contribution is 2.16. The van der Waals surface area contributed by atoms with Crippen LogP contribution in [0.3, 0.4) is 0 Å². The van der Waals surface area contributed by atoms with Gasteiger partial charge in [0.15, 0.2) is 12.3 Å². The van der Waals surface area contributed by atoms with Gasteiger partial charge in [-0.3, -0.25) is 14.1 Å². The first-order valence-corrected chi connectivity index (χ1v) is 21.2. The number of quaternary nitrogens is 1. The minimum Gasteiger partial charge on any atom is -0.391 e. The van der Waals surface area contributed by atoms with Gasteiger partial charge in [-0.15, -0.1) is 0 Å². The number of unbranched alkanes of at least 4 members (excludes halogenated alkanes) is 22. The molecule has 2 unspecified atom stereocenters. The fourth-order valence-electron chi connectivity index (χ4n) is 6.56. The van der Waals surface area contributed by atoms with Crippen LogP contribution >= 0.6 is 0 Å². The van der Waals surface area contributed by atoms with Crippen molar-refractivity contribution >= 4 is 11.8 Å². The van der Waals surface area contributed by atoms with Crippen molar-refractivity contribution in [2.24, 2.45) is 0 Å². The molecule has 0 aliphatic rings. The van der Waals surface area contributed by atoms with E-state index in [1.165, 1.54) is 141 Å². The third-order valence-electron chi connectivity index (χ3n) is 10.4. The van der Waals surface area contributed by atoms with Crippen LogP contribution in [0.25, 0.3) is 0 Å². The lowest BCUT2D eigenvalue weighted by molar-refractivity contribution is -0.957. The molecule has 6 nitrogen and oxygen atoms in total. The SMILES string of the molecule is CCCCCCCC/C=C\CCCCCCCC(=O)NC(C)[N+](C)(CCO)C(C)NC(=O)CCCCCCC/C=C\CCCCCCCC. The van der Waals surface area contributed by atoms with Crippen LogP contribution in [-0.4, -0.2) is 53.9 Å². The predicted molar refractivity (Wildman–Crippen MR) is 212 cm³/mol. The van der Waals surface area contributed by atoms with Gasteiger partial charge in [-0.25, -0.2) is 0 Å². The van der Waals surface area contributed by atoms with Gasteiger partial charge in [-0.2, -0.15) is 0 Å². The first kappa shape index (κ1) is 47.3. The molecular formula is C43H84N3O3+. The molecule has 0 aromatic heterocycles. The van der Waals surface area contributed by atoms with Gasteiger partial charge in [0, 0.05) is 26.7 Å². The first-order chi connectivity index (χ1) is 23.8. The van der Waals surface area contributed by atoms with Crippen molar-refractivity contribution in [1.29, 1.82) is 0 Å². The lowest BCUT2D eigenvalue weighted by atomic mass is 10.1. The number of carbonyl (C=O) groups is 2. The van der Waals surface area contributed by atoms with Crippen LogP contribution < -0.4 is 10.6 Å². The lowest BCUT2D eigenvalue weighted by Crippen LogP contribution is -2.67. The third-order valence-corrected chi connectivity index (χ3v) is 10.4. The summed E-state index contributed by atoms with van der Waals surface area (Å²) in [6.45, 7) is 8.97. The van der Waals surface area contributed by atoms with Crippen molar-refractivity contribution in [2.75, 3.05) is 20.2 Å². The highest BCUT2D eigenvalue weighted by molar-refractivity contribution is 5.76. The molecule has 2 atom stereocenters. The normalized spacial score (nSPS) is 14.3. The zero-order chi connectivity index (χ0) is 36.3. The van der Waals surface area contributed by atoms with E-state index < -0.39 is 0 Å². The van der Waals surface area contributed by atoms with Crippen molar-refractivity contribution in [3.8, 4) is 0 Å². The fraction of sp³-hybridized carbons (Fsp3) is 0.860. The summed E-state index contributed by atoms with van der Waals surface area (Å²) in [5.74, 6) is 0.110. The molecule has 0 saturated heterocycles. The van der Waals surface area contributed by atoms with Gasteiger partial charge in [0.25, 0.3) is 0 Å². The van der Waals surface area contributed by atoms with E-state index in [1.54, 1.807) is 0 Å². The van der Waals surface area contributed by atoms with E-state index in [9.17, 15) is 14.7 Å². The summed E-state index contributed by atoms with van der Waals surface area (Å²) in [7, 11) is 2.01. The molecule has 0 aromatic carbocycles. The molecule has 49 heavy (non-hydrogen) atoms. The first-order valence-electron chi connectivity index (χ1n) is 21.2. The molecule has 0 aromatic rings. The van der Waals surface area contributed by atoms with Crippen molar-refractivity contribution in [3.63, 3.8) is 0 Å². The van der Waals surface area contributed by atoms with Gasteiger partial charge < -0.3 is 15.7 Å². The van der Waals surface area contributed by atoms with Gasteiger partial charge in [0.1, 0.15) is 6.54 Å². The number of amides is 2. The zero-order valence-electron chi connectivity index (χ0n) is 33.4. The smallest absolute Gasteiger partial charge is 0.224 e. The van der Waals surface area contributed by atoms with E-state index in [0.29, 0.717) is 23.9 Å². The maximum atomic E-state index is 12.8. The van der Waals surface area contributed by atoms with E-state index in [0.717, 1.165) is 25.7 Å². The van der Waals surface area contributed by atoms with E-state index in [-0.39, 0.29) is 30.8 Å². The number of nitrogens with one attached hydrogen (secondary N) is 2. The Morgan fingerprint density at radius 2 is 0.796 bits per heavy atom. The summed E-state index contributed by atoms with van der Waals surface area (Å²) >= 11 is 0. The third kappa shape index (κ3) is 28.7. The molecule has 6 heteroatoms. The van der Waals surface area contributed by atoms with Gasteiger partial charge in [0.05, 0.1) is 13.7 Å². The average molecular weight is 691 g/mol. The Balaban J connectivity index is 4.06. The molecule has 0 aliphatic carbocycles. The Labute approximate surface area is 305 Å². The van der Waals surface area contributed by atoms with E-state index in [4.69, 9.17) is 0 Å². The van der Waals surface area contributed by atoms with E-state index >= 15 is 0 Å². The topological polar surface area (TPSA) is 78.4 Å². The van der Waals surface area contributed by atoms with E-state index in [2.05, 4.69) is 48.8 Å². The summed E-state index contributed by atoms with van der Waals surface area (Å²) in [6.07, 6.45) is 42.4. The Hall–Kier alpha value is -1.66. The number of aliphatic hydroxyl groups is 1. The van der Waals surface area contributed by atoms with Crippen LogP contribution in [0.1, 0.15) is 207 Å². The van der Waals surface area contributed by atoms with Gasteiger partial charge >= 0.3 is 0 Å². The lowest BCUT2D eigenvalue weighted by Gasteiger charge is -2.44. The molecule has 2 amide bonds. The molecule has 0 rings (SSSR count). The van der Waals surface area contributed by atoms with Crippen LogP contribution in [0.4, 0.5) is 0 Å². The minimum atomic E-state index is -0.210. The van der Waals surface area contributed by atoms with Crippen LogP contribution in [0.2, 0.25) is 0 Å². The Kier molecular flexibility index (Phi) is 33.6. The monoisotopic (exact) mass is 691 g/mol. The van der Waals surface area contributed by atoms with Crippen LogP contribution in [0, 0.1) is 0 Å². The number of hydrogen-bond acceptors (Lipinski definition) is 3. The summed E-state index contributed by atoms with van der Waals surface area (Å²) in [4.78, 5) is 25.5. The second kappa shape index (κ2) is 34.8. The maximum Gasteiger partial charge on any atom is 0.224 e. The number of rotatable bonds is 36. The summed E-state index contributed by atoms with van der Waals surface area (Å²) in [6, 6.07) is 0. The molecule has 0 fully saturated rings. The second-order valence-electron chi connectivity index (χ2n) is 14.9. The maximum absolute atomic E-state index is 12.8. The predicted octanol–water partition coefficient (Wildman–Crippen LogP) is 11.4. The minimum absolute atomic E-state index is 0.000603. The molecule has 0 heterocycles. The number of aliphatic hydroxyl groups excluding tert-OH is 1. The van der Waals surface area contributed by atoms with Crippen molar-refractivity contribution in [2.45, 2.75) is 220 Å². The highest BCUT2D eigenvalue weighted by Gasteiger charge is 2.36. The summed E-state index contributed by atoms with van der Waals surface area (Å²) in [5.41, 5.74) is 0. The van der Waals surface area contributed by atoms with Crippen molar-refractivity contribution in [3.05, 3.63) is 24.3 Å². The quantitative estimate of drug-likeness (QED) is 0.0265. The molecule has 288 valence electrons. The molecule has 0 radical (unpaired) electrons. The van der Waals surface area contributed by atoms with E-state index in [1.807, 2.05) is 20.9 Å². The fourth-order valence-corrected chi connectivity index (χ4v) is 6.56. The molecule has 0 aliphatic heterocycles. The molecule has 3 N–H and O–H groups in total. The Morgan fingerprint density at radius 1 is 0.510 bits per heavy atom. The van der Waals surface area contributed by atoms with Crippen molar-refractivity contribution < 1.29 is 19.2 Å². The van der Waals surface area contributed by atoms with Gasteiger partial charge in [0.2, 0.25) is 11.8 Å². The van der Waals surface area contributed by atoms with Crippen LogP contribution in [0.15, 0.2) is 24.3 Å². The van der Waals surface area contributed by atoms with Gasteiger partial charge in [-0.05, 0) is 64.2 Å². The Bertz CT molecular complexity index is 752. The number of likely N-dealkylation sites (N-methyl/N-ethyl adjacent to an activating group) is 1. The number of hydrogen-bond donors (Lipinski definition) is 3. The summed E-state index contributed by atoms with van der Waals surface area (Å²) < 4.78 is 0.368. The largest absolute Gasteiger partial charge is 0.391 e. The second-order valence-corrected chi connectivity index (χ2v) is 14.9. The van der Waals surface area contributed by atoms with Crippen LogP contribution in [-0.2, 0) is 9.59 Å². The number of carbonyl (C=O) groups excluding carboxylic acids is 2. The Morgan fingerprint density at radius 3 is 1.10 bits per heavy atom. The zero-order valence-corrected chi connectivity index (χ0v) is 33.4. The molecular weight excluding hydrogens is 606 g/mol. The molecule has 0 saturated carbocycles. The van der Waals surface area contributed by atoms with Crippen molar-refractivity contribution in [1.82, 2.24) is 10.6 Å². The summed E-state index contributed by atoms with van der Waals surface area (Å²) in [5, 5.41) is 16.2. The van der Waals surface area contributed by atoms with Gasteiger partial charge in [-0.1, -0.05) is 141 Å². The molecule has 0 spiro atoms. The average Bonchev–Trinajstić information content (AvgIpc) is 3.08. The highest BCUT2D eigenvalue weighted by atomic mass is 16.3. The molecule has 0 bridgehead atoms. The standard InChI is InChI=1S/C43H83N3O3/c1-6-8-10-12-14-16-18-20-22-24-26-28-30-32-34-36-42(48)44-40(3)46(5,38-39-47)41(4)45-43(49)37-35-33-31-29-27-25-23-21-19-17-15-13-11-9-7-2/h20-23,40-41,47H,6-19,24-39H2,1-5H3,(H-,44,45,48,49)/p+1/b22-20-,23-21-.